The number of nitrogens with one attached hydrogen (secondary N) is 1. The molecule has 0 spiro atoms. The van der Waals surface area contributed by atoms with Crippen molar-refractivity contribution in [1.29, 1.82) is 0 Å². The second-order valence-electron chi connectivity index (χ2n) is 6.73. The van der Waals surface area contributed by atoms with E-state index in [1.807, 2.05) is 0 Å². The van der Waals surface area contributed by atoms with E-state index in [1.54, 1.807) is 0 Å². The number of rotatable bonds is 10. The molecule has 166 valence electrons. The van der Waals surface area contributed by atoms with Crippen LogP contribution in [0.3, 0.4) is 0 Å². The molecule has 2 N–H and O–H groups in total. The van der Waals surface area contributed by atoms with Gasteiger partial charge in [-0.15, -0.1) is 0 Å². The van der Waals surface area contributed by atoms with E-state index in [0.29, 0.717) is 0 Å². The van der Waals surface area contributed by atoms with Gasteiger partial charge in [0.15, 0.2) is 4.90 Å². The monoisotopic (exact) mass is 452 g/mol. The second kappa shape index (κ2) is 10.0. The van der Waals surface area contributed by atoms with E-state index >= 15 is 0 Å². The summed E-state index contributed by atoms with van der Waals surface area (Å²) in [5, 5.41) is 10.6. The van der Waals surface area contributed by atoms with Crippen LogP contribution in [-0.4, -0.2) is 82.4 Å². The van der Waals surface area contributed by atoms with Gasteiger partial charge in [-0.3, -0.25) is 29.4 Å². The molecule has 2 aliphatic rings. The van der Waals surface area contributed by atoms with Gasteiger partial charge in [-0.1, -0.05) is 6.07 Å². The number of hydrogen-bond acceptors (Lipinski definition) is 8. The normalized spacial score (nSPS) is 19.4. The van der Waals surface area contributed by atoms with Crippen molar-refractivity contribution in [1.82, 2.24) is 10.2 Å². The maximum Gasteiger partial charge on any atom is 0.329 e. The first kappa shape index (κ1) is 22.9. The molecule has 2 atom stereocenters. The summed E-state index contributed by atoms with van der Waals surface area (Å²) in [6.07, 6.45) is 0.0441. The van der Waals surface area contributed by atoms with Crippen LogP contribution in [0.15, 0.2) is 23.1 Å². The first-order valence-corrected chi connectivity index (χ1v) is 10.7. The lowest BCUT2D eigenvalue weighted by atomic mass is 10.0. The average Bonchev–Trinajstić information content (AvgIpc) is 2.98. The molecule has 0 saturated carbocycles. The van der Waals surface area contributed by atoms with Crippen LogP contribution >= 0.6 is 0 Å². The Balaban J connectivity index is 1.64. The van der Waals surface area contributed by atoms with Crippen molar-refractivity contribution in [3.63, 3.8) is 0 Å². The number of carboxylic acids is 1. The minimum absolute atomic E-state index is 0.0100. The van der Waals surface area contributed by atoms with E-state index < -0.39 is 53.4 Å². The van der Waals surface area contributed by atoms with Gasteiger partial charge >= 0.3 is 5.97 Å². The highest BCUT2D eigenvalue weighted by Crippen LogP contribution is 2.32. The van der Waals surface area contributed by atoms with Crippen LogP contribution in [-0.2, 0) is 35.0 Å². The Morgan fingerprint density at radius 3 is 2.61 bits per heavy atom. The Kier molecular flexibility index (Phi) is 7.38. The summed E-state index contributed by atoms with van der Waals surface area (Å²) in [6.45, 7) is -0.206. The van der Waals surface area contributed by atoms with Crippen LogP contribution in [0.25, 0.3) is 0 Å². The van der Waals surface area contributed by atoms with Gasteiger partial charge in [0.05, 0.1) is 25.4 Å². The molecule has 0 aliphatic carbocycles. The molecule has 12 heteroatoms. The second-order valence-corrected chi connectivity index (χ2v) is 8.27. The van der Waals surface area contributed by atoms with E-state index in [1.165, 1.54) is 18.2 Å². The van der Waals surface area contributed by atoms with Crippen LogP contribution in [0.2, 0.25) is 0 Å². The van der Waals surface area contributed by atoms with Gasteiger partial charge in [-0.05, 0) is 29.7 Å². The molecule has 0 aromatic heterocycles. The predicted molar refractivity (Wildman–Crippen MR) is 104 cm³/mol. The van der Waals surface area contributed by atoms with Crippen molar-refractivity contribution in [3.05, 3.63) is 29.3 Å². The zero-order chi connectivity index (χ0) is 22.5. The van der Waals surface area contributed by atoms with Crippen molar-refractivity contribution < 1.29 is 43.1 Å². The molecule has 0 radical (unpaired) electrons. The number of ether oxygens (including phenoxy) is 2. The van der Waals surface area contributed by atoms with Crippen LogP contribution in [0.4, 0.5) is 0 Å². The summed E-state index contributed by atoms with van der Waals surface area (Å²) in [5.41, 5.74) is 0.0452. The van der Waals surface area contributed by atoms with E-state index in [-0.39, 0.29) is 54.4 Å². The number of imide groups is 2. The maximum absolute atomic E-state index is 13.0. The highest BCUT2D eigenvalue weighted by Gasteiger charge is 2.47. The highest BCUT2D eigenvalue weighted by molar-refractivity contribution is 7.91. The predicted octanol–water partition coefficient (Wildman–Crippen LogP) is -0.687. The molecule has 31 heavy (non-hydrogen) atoms. The lowest BCUT2D eigenvalue weighted by Gasteiger charge is -2.27. The van der Waals surface area contributed by atoms with E-state index in [0.717, 1.165) is 4.90 Å². The number of amides is 4. The fourth-order valence-corrected chi connectivity index (χ4v) is 4.44. The fourth-order valence-electron chi connectivity index (χ4n) is 3.30. The zero-order valence-corrected chi connectivity index (χ0v) is 17.1. The summed E-state index contributed by atoms with van der Waals surface area (Å²) in [7, 11) is 0. The summed E-state index contributed by atoms with van der Waals surface area (Å²) >= 11 is -1.66. The Morgan fingerprint density at radius 2 is 1.90 bits per heavy atom. The van der Waals surface area contributed by atoms with E-state index in [2.05, 4.69) is 5.32 Å². The maximum atomic E-state index is 13.0. The Bertz CT molecular complexity index is 920. The van der Waals surface area contributed by atoms with E-state index in [9.17, 15) is 28.5 Å². The number of benzene rings is 1. The lowest BCUT2D eigenvalue weighted by molar-refractivity contribution is -0.142. The SMILES string of the molecule is O=C(O)COCCOCC[S+]([O-])c1cccc2c1C(=O)N(C1CCC(=O)NC1=O)C2=O. The first-order chi connectivity index (χ1) is 14.8. The smallest absolute Gasteiger partial charge is 0.329 e. The summed E-state index contributed by atoms with van der Waals surface area (Å²) in [5.74, 6) is -3.62. The Hall–Kier alpha value is -2.80. The van der Waals surface area contributed by atoms with Gasteiger partial charge in [0.25, 0.3) is 11.8 Å². The summed E-state index contributed by atoms with van der Waals surface area (Å²) in [4.78, 5) is 60.6. The minimum Gasteiger partial charge on any atom is -0.611 e. The number of nitrogens with zero attached hydrogens (tertiary/aromatic N) is 1. The Morgan fingerprint density at radius 1 is 1.16 bits per heavy atom. The zero-order valence-electron chi connectivity index (χ0n) is 16.3. The summed E-state index contributed by atoms with van der Waals surface area (Å²) < 4.78 is 22.8. The molecule has 1 saturated heterocycles. The van der Waals surface area contributed by atoms with Crippen molar-refractivity contribution in [2.75, 3.05) is 32.2 Å². The van der Waals surface area contributed by atoms with Crippen molar-refractivity contribution in [2.45, 2.75) is 23.8 Å². The molecule has 1 aromatic rings. The van der Waals surface area contributed by atoms with Gasteiger partial charge < -0.3 is 19.1 Å². The third-order valence-corrected chi connectivity index (χ3v) is 6.05. The van der Waals surface area contributed by atoms with Crippen LogP contribution in [0.5, 0.6) is 0 Å². The molecule has 1 aromatic carbocycles. The molecule has 1 fully saturated rings. The van der Waals surface area contributed by atoms with Gasteiger partial charge in [-0.25, -0.2) is 4.79 Å². The summed E-state index contributed by atoms with van der Waals surface area (Å²) in [6, 6.07) is 3.31. The average molecular weight is 452 g/mol. The van der Waals surface area contributed by atoms with Crippen molar-refractivity contribution in [2.24, 2.45) is 0 Å². The number of hydrogen-bond donors (Lipinski definition) is 2. The van der Waals surface area contributed by atoms with Crippen LogP contribution in [0, 0.1) is 0 Å². The number of carbonyl (C=O) groups excluding carboxylic acids is 4. The first-order valence-electron chi connectivity index (χ1n) is 9.41. The van der Waals surface area contributed by atoms with Gasteiger partial charge in [0, 0.05) is 6.42 Å². The number of fused-ring (bicyclic) bond motifs is 1. The molecule has 2 aliphatic heterocycles. The van der Waals surface area contributed by atoms with Crippen molar-refractivity contribution >= 4 is 40.8 Å². The largest absolute Gasteiger partial charge is 0.611 e. The third kappa shape index (κ3) is 5.10. The minimum atomic E-state index is -1.66. The van der Waals surface area contributed by atoms with E-state index in [4.69, 9.17) is 14.6 Å². The van der Waals surface area contributed by atoms with Gasteiger partial charge in [-0.2, -0.15) is 0 Å². The molecule has 4 amide bonds. The molecular formula is C19H20N2O9S. The van der Waals surface area contributed by atoms with Gasteiger partial charge in [0.2, 0.25) is 11.8 Å². The number of carbonyl (C=O) groups is 5. The van der Waals surface area contributed by atoms with Crippen molar-refractivity contribution in [3.8, 4) is 0 Å². The number of aliphatic carboxylic acids is 1. The van der Waals surface area contributed by atoms with Gasteiger partial charge in [0.1, 0.15) is 24.0 Å². The van der Waals surface area contributed by atoms with Crippen LogP contribution < -0.4 is 5.32 Å². The molecular weight excluding hydrogens is 432 g/mol. The highest BCUT2D eigenvalue weighted by atomic mass is 32.2. The molecule has 0 bridgehead atoms. The quantitative estimate of drug-likeness (QED) is 0.266. The Labute approximate surface area is 179 Å². The molecule has 2 heterocycles. The molecule has 11 nitrogen and oxygen atoms in total. The molecule has 3 rings (SSSR count). The molecule has 2 unspecified atom stereocenters. The standard InChI is InChI=1S/C19H20N2O9S/c22-14-5-4-12(17(25)20-14)21-18(26)11-2-1-3-13(16(11)19(21)27)31(28)9-8-29-6-7-30-10-15(23)24/h1-3,12H,4-10H2,(H,23,24)(H,20,22,25). The number of piperidine rings is 1. The third-order valence-electron chi connectivity index (χ3n) is 4.69. The fraction of sp³-hybridized carbons (Fsp3) is 0.421. The lowest BCUT2D eigenvalue weighted by Crippen LogP contribution is -2.54. The van der Waals surface area contributed by atoms with Crippen LogP contribution in [0.1, 0.15) is 33.6 Å². The number of carboxylic acid groups (broad SMARTS) is 1. The topological polar surface area (TPSA) is 162 Å².